The first kappa shape index (κ1) is 15.7. The van der Waals surface area contributed by atoms with Gasteiger partial charge in [0.05, 0.1) is 5.75 Å². The molecule has 0 fully saturated rings. The summed E-state index contributed by atoms with van der Waals surface area (Å²) >= 11 is 0. The number of benzene rings is 1. The molecule has 0 spiro atoms. The first-order valence-corrected chi connectivity index (χ1v) is 8.38. The Morgan fingerprint density at radius 3 is 2.57 bits per heavy atom. The second-order valence-electron chi connectivity index (χ2n) is 4.82. The van der Waals surface area contributed by atoms with Gasteiger partial charge in [-0.15, -0.1) is 0 Å². The normalized spacial score (nSPS) is 11.7. The third-order valence-electron chi connectivity index (χ3n) is 3.31. The van der Waals surface area contributed by atoms with Crippen molar-refractivity contribution >= 4 is 10.0 Å². The third-order valence-corrected chi connectivity index (χ3v) is 4.64. The standard InChI is InChI=1S/C14H20N4O2S/c1-18-14(6-8-16-18)7-9-17-21(19,20)11-13-5-3-2-4-12(13)10-15/h2-6,8,17H,7,9-11,15H2,1H3. The minimum absolute atomic E-state index is 0.0498. The van der Waals surface area contributed by atoms with Crippen LogP contribution >= 0.6 is 0 Å². The Morgan fingerprint density at radius 2 is 1.95 bits per heavy atom. The van der Waals surface area contributed by atoms with Crippen LogP contribution < -0.4 is 10.5 Å². The highest BCUT2D eigenvalue weighted by atomic mass is 32.2. The van der Waals surface area contributed by atoms with Gasteiger partial charge in [-0.3, -0.25) is 4.68 Å². The lowest BCUT2D eigenvalue weighted by Crippen LogP contribution is -2.28. The van der Waals surface area contributed by atoms with E-state index in [-0.39, 0.29) is 5.75 Å². The molecule has 0 aliphatic heterocycles. The molecule has 1 aromatic carbocycles. The molecule has 0 aliphatic carbocycles. The number of hydrogen-bond acceptors (Lipinski definition) is 4. The minimum atomic E-state index is -3.37. The number of nitrogens with two attached hydrogens (primary N) is 1. The summed E-state index contributed by atoms with van der Waals surface area (Å²) in [5.41, 5.74) is 8.21. The Labute approximate surface area is 125 Å². The second-order valence-corrected chi connectivity index (χ2v) is 6.63. The van der Waals surface area contributed by atoms with Gasteiger partial charge in [-0.2, -0.15) is 5.10 Å². The molecule has 1 aromatic heterocycles. The minimum Gasteiger partial charge on any atom is -0.326 e. The zero-order valence-corrected chi connectivity index (χ0v) is 12.8. The number of rotatable bonds is 7. The summed E-state index contributed by atoms with van der Waals surface area (Å²) in [6, 6.07) is 9.19. The highest BCUT2D eigenvalue weighted by molar-refractivity contribution is 7.88. The number of hydrogen-bond donors (Lipinski definition) is 2. The van der Waals surface area contributed by atoms with Crippen molar-refractivity contribution in [3.05, 3.63) is 53.3 Å². The second kappa shape index (κ2) is 6.84. The molecule has 0 saturated heterocycles. The molecular formula is C14H20N4O2S. The van der Waals surface area contributed by atoms with Crippen LogP contribution in [0.3, 0.4) is 0 Å². The van der Waals surface area contributed by atoms with Crippen LogP contribution in [0.25, 0.3) is 0 Å². The zero-order valence-electron chi connectivity index (χ0n) is 12.0. The molecule has 6 nitrogen and oxygen atoms in total. The summed E-state index contributed by atoms with van der Waals surface area (Å²) in [5, 5.41) is 4.05. The zero-order chi connectivity index (χ0) is 15.3. The topological polar surface area (TPSA) is 90.0 Å². The predicted octanol–water partition coefficient (Wildman–Crippen LogP) is 0.541. The molecule has 0 bridgehead atoms. The van der Waals surface area contributed by atoms with Crippen molar-refractivity contribution in [2.45, 2.75) is 18.7 Å². The fourth-order valence-corrected chi connectivity index (χ4v) is 3.34. The van der Waals surface area contributed by atoms with E-state index in [1.54, 1.807) is 16.9 Å². The van der Waals surface area contributed by atoms with Gasteiger partial charge >= 0.3 is 0 Å². The van der Waals surface area contributed by atoms with Crippen molar-refractivity contribution in [3.63, 3.8) is 0 Å². The van der Waals surface area contributed by atoms with Crippen LogP contribution in [-0.2, 0) is 35.8 Å². The molecule has 0 unspecified atom stereocenters. The van der Waals surface area contributed by atoms with Gasteiger partial charge in [-0.05, 0) is 17.2 Å². The molecule has 7 heteroatoms. The average molecular weight is 308 g/mol. The lowest BCUT2D eigenvalue weighted by atomic mass is 10.1. The Balaban J connectivity index is 1.94. The third kappa shape index (κ3) is 4.38. The van der Waals surface area contributed by atoms with E-state index in [4.69, 9.17) is 5.73 Å². The maximum Gasteiger partial charge on any atom is 0.215 e. The van der Waals surface area contributed by atoms with E-state index in [1.807, 2.05) is 31.3 Å². The van der Waals surface area contributed by atoms with Crippen molar-refractivity contribution < 1.29 is 8.42 Å². The van der Waals surface area contributed by atoms with Crippen LogP contribution in [0.2, 0.25) is 0 Å². The van der Waals surface area contributed by atoms with Gasteiger partial charge in [-0.1, -0.05) is 24.3 Å². The summed E-state index contributed by atoms with van der Waals surface area (Å²) < 4.78 is 28.6. The van der Waals surface area contributed by atoms with Crippen LogP contribution in [0, 0.1) is 0 Å². The SMILES string of the molecule is Cn1nccc1CCNS(=O)(=O)Cc1ccccc1CN. The van der Waals surface area contributed by atoms with Gasteiger partial charge in [0.15, 0.2) is 0 Å². The van der Waals surface area contributed by atoms with Crippen molar-refractivity contribution in [1.29, 1.82) is 0 Å². The number of sulfonamides is 1. The molecule has 3 N–H and O–H groups in total. The smallest absolute Gasteiger partial charge is 0.215 e. The summed E-state index contributed by atoms with van der Waals surface area (Å²) in [6.45, 7) is 0.688. The lowest BCUT2D eigenvalue weighted by molar-refractivity contribution is 0.578. The molecule has 0 amide bonds. The number of aromatic nitrogens is 2. The fraction of sp³-hybridized carbons (Fsp3) is 0.357. The van der Waals surface area contributed by atoms with Crippen LogP contribution in [0.4, 0.5) is 0 Å². The van der Waals surface area contributed by atoms with E-state index < -0.39 is 10.0 Å². The molecule has 114 valence electrons. The number of nitrogens with zero attached hydrogens (tertiary/aromatic N) is 2. The maximum atomic E-state index is 12.1. The van der Waals surface area contributed by atoms with E-state index in [0.29, 0.717) is 19.5 Å². The first-order valence-electron chi connectivity index (χ1n) is 6.73. The molecule has 0 radical (unpaired) electrons. The summed E-state index contributed by atoms with van der Waals surface area (Å²) in [5.74, 6) is -0.0498. The van der Waals surface area contributed by atoms with E-state index in [1.165, 1.54) is 0 Å². The summed E-state index contributed by atoms with van der Waals surface area (Å²) in [4.78, 5) is 0. The number of aryl methyl sites for hydroxylation is 1. The molecule has 2 rings (SSSR count). The predicted molar refractivity (Wildman–Crippen MR) is 81.9 cm³/mol. The van der Waals surface area contributed by atoms with Crippen molar-refractivity contribution in [2.75, 3.05) is 6.54 Å². The fourth-order valence-electron chi connectivity index (χ4n) is 2.13. The van der Waals surface area contributed by atoms with Gasteiger partial charge in [-0.25, -0.2) is 13.1 Å². The van der Waals surface area contributed by atoms with Crippen molar-refractivity contribution in [3.8, 4) is 0 Å². The molecule has 0 aliphatic rings. The summed E-state index contributed by atoms with van der Waals surface area (Å²) in [6.07, 6.45) is 2.30. The molecule has 0 atom stereocenters. The molecule has 2 aromatic rings. The Morgan fingerprint density at radius 1 is 1.24 bits per heavy atom. The molecular weight excluding hydrogens is 288 g/mol. The lowest BCUT2D eigenvalue weighted by Gasteiger charge is -2.10. The quantitative estimate of drug-likeness (QED) is 0.781. The van der Waals surface area contributed by atoms with E-state index >= 15 is 0 Å². The van der Waals surface area contributed by atoms with Crippen molar-refractivity contribution in [2.24, 2.45) is 12.8 Å². The maximum absolute atomic E-state index is 12.1. The van der Waals surface area contributed by atoms with Gasteiger partial charge in [0, 0.05) is 38.4 Å². The highest BCUT2D eigenvalue weighted by Gasteiger charge is 2.13. The molecule has 0 saturated carbocycles. The monoisotopic (exact) mass is 308 g/mol. The first-order chi connectivity index (χ1) is 10.0. The van der Waals surface area contributed by atoms with Crippen LogP contribution in [-0.4, -0.2) is 24.7 Å². The van der Waals surface area contributed by atoms with E-state index in [2.05, 4.69) is 9.82 Å². The number of nitrogens with one attached hydrogen (secondary N) is 1. The Kier molecular flexibility index (Phi) is 5.11. The van der Waals surface area contributed by atoms with E-state index in [9.17, 15) is 8.42 Å². The van der Waals surface area contributed by atoms with Crippen molar-refractivity contribution in [1.82, 2.24) is 14.5 Å². The largest absolute Gasteiger partial charge is 0.326 e. The Bertz CT molecular complexity index is 695. The van der Waals surface area contributed by atoms with Crippen LogP contribution in [0.5, 0.6) is 0 Å². The van der Waals surface area contributed by atoms with Gasteiger partial charge in [0.25, 0.3) is 0 Å². The van der Waals surface area contributed by atoms with Crippen LogP contribution in [0.1, 0.15) is 16.8 Å². The van der Waals surface area contributed by atoms with Gasteiger partial charge < -0.3 is 5.73 Å². The average Bonchev–Trinajstić information content (AvgIpc) is 2.84. The molecule has 21 heavy (non-hydrogen) atoms. The summed E-state index contributed by atoms with van der Waals surface area (Å²) in [7, 11) is -1.53. The van der Waals surface area contributed by atoms with Gasteiger partial charge in [0.2, 0.25) is 10.0 Å². The van der Waals surface area contributed by atoms with Gasteiger partial charge in [0.1, 0.15) is 0 Å². The highest BCUT2D eigenvalue weighted by Crippen LogP contribution is 2.11. The molecule has 1 heterocycles. The van der Waals surface area contributed by atoms with Crippen LogP contribution in [0.15, 0.2) is 36.5 Å². The van der Waals surface area contributed by atoms with E-state index in [0.717, 1.165) is 16.8 Å². The Hall–Kier alpha value is -1.70.